The average molecular weight is 114 g/mol. The van der Waals surface area contributed by atoms with Crippen molar-refractivity contribution in [3.8, 4) is 0 Å². The van der Waals surface area contributed by atoms with Gasteiger partial charge in [-0.15, -0.1) is 0 Å². The second kappa shape index (κ2) is 2.03. The molecule has 3 N–H and O–H groups in total. The van der Waals surface area contributed by atoms with Crippen molar-refractivity contribution in [2.24, 2.45) is 5.73 Å². The molecule has 2 heteroatoms. The first kappa shape index (κ1) is 6.05. The van der Waals surface area contributed by atoms with Crippen molar-refractivity contribution in [2.75, 3.05) is 6.54 Å². The number of piperidine rings is 1. The predicted octanol–water partition coefficient (Wildman–Crippen LogP) is 0.435. The zero-order chi connectivity index (χ0) is 6.04. The largest absolute Gasteiger partial charge is 0.314 e. The summed E-state index contributed by atoms with van der Waals surface area (Å²) in [6.07, 6.45) is 3.68. The van der Waals surface area contributed by atoms with E-state index >= 15 is 0 Å². The highest BCUT2D eigenvalue weighted by molar-refractivity contribution is 4.79. The van der Waals surface area contributed by atoms with Gasteiger partial charge in [-0.25, -0.2) is 0 Å². The summed E-state index contributed by atoms with van der Waals surface area (Å²) in [5, 5.41) is 3.24. The molecular formula is C6H14N2. The van der Waals surface area contributed by atoms with E-state index in [-0.39, 0.29) is 5.66 Å². The van der Waals surface area contributed by atoms with Gasteiger partial charge in [-0.2, -0.15) is 0 Å². The first-order valence-electron chi connectivity index (χ1n) is 3.25. The summed E-state index contributed by atoms with van der Waals surface area (Å²) in [7, 11) is 0. The van der Waals surface area contributed by atoms with Crippen LogP contribution in [0.1, 0.15) is 26.2 Å². The topological polar surface area (TPSA) is 38.0 Å². The van der Waals surface area contributed by atoms with E-state index in [0.29, 0.717) is 0 Å². The lowest BCUT2D eigenvalue weighted by molar-refractivity contribution is 0.287. The van der Waals surface area contributed by atoms with E-state index in [1.165, 1.54) is 12.8 Å². The fourth-order valence-corrected chi connectivity index (χ4v) is 1.08. The maximum absolute atomic E-state index is 5.77. The van der Waals surface area contributed by atoms with Gasteiger partial charge >= 0.3 is 0 Å². The summed E-state index contributed by atoms with van der Waals surface area (Å²) in [6.45, 7) is 3.14. The SMILES string of the molecule is CC1(N)CCCCN1. The van der Waals surface area contributed by atoms with Gasteiger partial charge in [-0.05, 0) is 32.7 Å². The molecule has 0 amide bonds. The van der Waals surface area contributed by atoms with Gasteiger partial charge in [0, 0.05) is 0 Å². The number of hydrogen-bond donors (Lipinski definition) is 2. The molecule has 0 radical (unpaired) electrons. The molecule has 0 bridgehead atoms. The van der Waals surface area contributed by atoms with E-state index < -0.39 is 0 Å². The quantitative estimate of drug-likeness (QED) is 0.479. The van der Waals surface area contributed by atoms with Crippen molar-refractivity contribution < 1.29 is 0 Å². The van der Waals surface area contributed by atoms with Crippen LogP contribution in [0.2, 0.25) is 0 Å². The van der Waals surface area contributed by atoms with Gasteiger partial charge in [0.1, 0.15) is 0 Å². The summed E-state index contributed by atoms with van der Waals surface area (Å²) < 4.78 is 0. The summed E-state index contributed by atoms with van der Waals surface area (Å²) in [6, 6.07) is 0. The Hall–Kier alpha value is -0.0800. The minimum Gasteiger partial charge on any atom is -0.314 e. The summed E-state index contributed by atoms with van der Waals surface area (Å²) >= 11 is 0. The molecule has 0 spiro atoms. The number of rotatable bonds is 0. The molecule has 0 aromatic rings. The van der Waals surface area contributed by atoms with Crippen molar-refractivity contribution in [1.29, 1.82) is 0 Å². The van der Waals surface area contributed by atoms with Crippen LogP contribution in [0.15, 0.2) is 0 Å². The Morgan fingerprint density at radius 3 is 2.50 bits per heavy atom. The molecule has 0 aromatic heterocycles. The minimum atomic E-state index is -0.0712. The van der Waals surface area contributed by atoms with Crippen molar-refractivity contribution in [3.63, 3.8) is 0 Å². The molecule has 1 fully saturated rings. The second-order valence-corrected chi connectivity index (χ2v) is 2.80. The first-order valence-corrected chi connectivity index (χ1v) is 3.25. The van der Waals surface area contributed by atoms with E-state index in [0.717, 1.165) is 13.0 Å². The van der Waals surface area contributed by atoms with E-state index in [1.54, 1.807) is 0 Å². The van der Waals surface area contributed by atoms with Gasteiger partial charge in [0.25, 0.3) is 0 Å². The average Bonchev–Trinajstić information content (AvgIpc) is 1.65. The molecule has 1 aliphatic heterocycles. The van der Waals surface area contributed by atoms with Gasteiger partial charge in [0.05, 0.1) is 5.66 Å². The molecule has 0 aliphatic carbocycles. The molecule has 2 nitrogen and oxygen atoms in total. The Kier molecular flexibility index (Phi) is 1.54. The summed E-state index contributed by atoms with van der Waals surface area (Å²) in [5.74, 6) is 0. The van der Waals surface area contributed by atoms with Gasteiger partial charge in [0.2, 0.25) is 0 Å². The van der Waals surface area contributed by atoms with Crippen LogP contribution < -0.4 is 11.1 Å². The van der Waals surface area contributed by atoms with Crippen molar-refractivity contribution in [3.05, 3.63) is 0 Å². The third-order valence-electron chi connectivity index (χ3n) is 1.65. The maximum Gasteiger partial charge on any atom is 0.0632 e. The van der Waals surface area contributed by atoms with Gasteiger partial charge in [0.15, 0.2) is 0 Å². The molecule has 1 atom stereocenters. The van der Waals surface area contributed by atoms with Crippen LogP contribution in [0.4, 0.5) is 0 Å². The molecule has 8 heavy (non-hydrogen) atoms. The zero-order valence-corrected chi connectivity index (χ0v) is 5.41. The Balaban J connectivity index is 2.33. The van der Waals surface area contributed by atoms with Crippen molar-refractivity contribution in [2.45, 2.75) is 31.8 Å². The number of nitrogens with one attached hydrogen (secondary N) is 1. The van der Waals surface area contributed by atoms with E-state index in [4.69, 9.17) is 5.73 Å². The predicted molar refractivity (Wildman–Crippen MR) is 34.4 cm³/mol. The fourth-order valence-electron chi connectivity index (χ4n) is 1.08. The summed E-state index contributed by atoms with van der Waals surface area (Å²) in [5.41, 5.74) is 5.70. The normalized spacial score (nSPS) is 39.8. The lowest BCUT2D eigenvalue weighted by Crippen LogP contribution is -2.53. The maximum atomic E-state index is 5.77. The number of hydrogen-bond acceptors (Lipinski definition) is 2. The Morgan fingerprint density at radius 1 is 1.50 bits per heavy atom. The molecule has 1 saturated heterocycles. The van der Waals surface area contributed by atoms with E-state index in [1.807, 2.05) is 6.92 Å². The monoisotopic (exact) mass is 114 g/mol. The third-order valence-corrected chi connectivity index (χ3v) is 1.65. The van der Waals surface area contributed by atoms with Crippen LogP contribution in [-0.2, 0) is 0 Å². The lowest BCUT2D eigenvalue weighted by atomic mass is 10.0. The smallest absolute Gasteiger partial charge is 0.0632 e. The first-order chi connectivity index (χ1) is 3.71. The molecule has 48 valence electrons. The lowest BCUT2D eigenvalue weighted by Gasteiger charge is -2.30. The highest BCUT2D eigenvalue weighted by Gasteiger charge is 2.19. The van der Waals surface area contributed by atoms with Crippen LogP contribution in [0.3, 0.4) is 0 Å². The summed E-state index contributed by atoms with van der Waals surface area (Å²) in [4.78, 5) is 0. The second-order valence-electron chi connectivity index (χ2n) is 2.80. The molecule has 0 saturated carbocycles. The highest BCUT2D eigenvalue weighted by Crippen LogP contribution is 2.11. The van der Waals surface area contributed by atoms with Gasteiger partial charge in [-0.1, -0.05) is 0 Å². The Labute approximate surface area is 50.4 Å². The molecule has 1 heterocycles. The van der Waals surface area contributed by atoms with E-state index in [9.17, 15) is 0 Å². The van der Waals surface area contributed by atoms with Crippen molar-refractivity contribution >= 4 is 0 Å². The van der Waals surface area contributed by atoms with Crippen molar-refractivity contribution in [1.82, 2.24) is 5.32 Å². The van der Waals surface area contributed by atoms with Gasteiger partial charge in [-0.3, -0.25) is 5.32 Å². The Morgan fingerprint density at radius 2 is 2.25 bits per heavy atom. The van der Waals surface area contributed by atoms with Gasteiger partial charge < -0.3 is 5.73 Å². The van der Waals surface area contributed by atoms with Crippen LogP contribution in [0.25, 0.3) is 0 Å². The molecular weight excluding hydrogens is 100 g/mol. The van der Waals surface area contributed by atoms with Crippen LogP contribution >= 0.6 is 0 Å². The van der Waals surface area contributed by atoms with Crippen LogP contribution in [0, 0.1) is 0 Å². The molecule has 1 rings (SSSR count). The van der Waals surface area contributed by atoms with Crippen LogP contribution in [0.5, 0.6) is 0 Å². The molecule has 1 unspecified atom stereocenters. The van der Waals surface area contributed by atoms with Crippen LogP contribution in [-0.4, -0.2) is 12.2 Å². The molecule has 1 aliphatic rings. The standard InChI is InChI=1S/C6H14N2/c1-6(7)4-2-3-5-8-6/h8H,2-5,7H2,1H3. The highest BCUT2D eigenvalue weighted by atomic mass is 15.1. The Bertz CT molecular complexity index is 70.6. The van der Waals surface area contributed by atoms with E-state index in [2.05, 4.69) is 5.32 Å². The molecule has 0 aromatic carbocycles. The zero-order valence-electron chi connectivity index (χ0n) is 5.41. The minimum absolute atomic E-state index is 0.0712. The third kappa shape index (κ3) is 1.46. The fraction of sp³-hybridized carbons (Fsp3) is 1.00. The number of nitrogens with two attached hydrogens (primary N) is 1.